The molecule has 0 amide bonds. The minimum Gasteiger partial charge on any atom is -0.379 e. The Morgan fingerprint density at radius 1 is 1.11 bits per heavy atom. The number of morpholine rings is 1. The summed E-state index contributed by atoms with van der Waals surface area (Å²) in [7, 11) is 2.11. The number of carbonyl (C=O) groups excluding carboxylic acids is 1. The average molecular weight is 261 g/mol. The molecule has 1 aliphatic heterocycles. The van der Waals surface area contributed by atoms with Gasteiger partial charge in [-0.3, -0.25) is 0 Å². The van der Waals surface area contributed by atoms with Gasteiger partial charge in [0.1, 0.15) is 6.29 Å². The lowest BCUT2D eigenvalue weighted by molar-refractivity contribution is -0.114. The van der Waals surface area contributed by atoms with E-state index in [1.807, 2.05) is 48.5 Å². The molecule has 0 saturated carbocycles. The average Bonchev–Trinajstić information content (AvgIpc) is 2.45. The van der Waals surface area contributed by atoms with Crippen LogP contribution in [-0.2, 0) is 9.53 Å². The van der Waals surface area contributed by atoms with Crippen LogP contribution in [0.3, 0.4) is 0 Å². The Morgan fingerprint density at radius 3 is 1.61 bits per heavy atom. The lowest BCUT2D eigenvalue weighted by Crippen LogP contribution is -2.32. The lowest BCUT2D eigenvalue weighted by Gasteiger charge is -2.21. The van der Waals surface area contributed by atoms with E-state index in [2.05, 4.69) is 11.9 Å². The standard InChI is InChI=1S/C6H12O.C5H11NO.2C2H6/c1-4-6(2,3)5-7;1-6-2-4-7-5-3-6;2*1-2/h5H,4H2,1-3H3;2-5H2,1H3;2*1-2H3. The fourth-order valence-electron chi connectivity index (χ4n) is 0.738. The summed E-state index contributed by atoms with van der Waals surface area (Å²) in [5, 5.41) is 0. The zero-order valence-corrected chi connectivity index (χ0v) is 13.9. The van der Waals surface area contributed by atoms with Crippen molar-refractivity contribution in [1.82, 2.24) is 4.90 Å². The molecule has 0 aromatic carbocycles. The maximum absolute atomic E-state index is 10.1. The van der Waals surface area contributed by atoms with Crippen molar-refractivity contribution in [1.29, 1.82) is 0 Å². The van der Waals surface area contributed by atoms with Gasteiger partial charge in [0.15, 0.2) is 0 Å². The van der Waals surface area contributed by atoms with Crippen LogP contribution in [0.4, 0.5) is 0 Å². The van der Waals surface area contributed by atoms with E-state index in [1.165, 1.54) is 0 Å². The molecule has 0 radical (unpaired) electrons. The zero-order valence-electron chi connectivity index (χ0n) is 13.9. The van der Waals surface area contributed by atoms with E-state index in [4.69, 9.17) is 4.74 Å². The first kappa shape index (κ1) is 22.7. The Kier molecular flexibility index (Phi) is 21.0. The number of ether oxygens (including phenoxy) is 1. The summed E-state index contributed by atoms with van der Waals surface area (Å²) in [4.78, 5) is 12.3. The summed E-state index contributed by atoms with van der Waals surface area (Å²) >= 11 is 0. The molecular weight excluding hydrogens is 226 g/mol. The molecule has 0 spiro atoms. The maximum atomic E-state index is 10.1. The van der Waals surface area contributed by atoms with Crippen LogP contribution in [0.5, 0.6) is 0 Å². The van der Waals surface area contributed by atoms with Gasteiger partial charge in [-0.15, -0.1) is 0 Å². The summed E-state index contributed by atoms with van der Waals surface area (Å²) in [6, 6.07) is 0. The second kappa shape index (κ2) is 16.6. The molecule has 0 unspecified atom stereocenters. The minimum atomic E-state index is -0.0972. The van der Waals surface area contributed by atoms with Crippen LogP contribution in [-0.4, -0.2) is 44.5 Å². The molecule has 18 heavy (non-hydrogen) atoms. The molecule has 3 heteroatoms. The Bertz CT molecular complexity index is 153. The third kappa shape index (κ3) is 18.0. The van der Waals surface area contributed by atoms with E-state index in [0.717, 1.165) is 39.0 Å². The number of nitrogens with zero attached hydrogens (tertiary/aromatic N) is 1. The highest BCUT2D eigenvalue weighted by atomic mass is 16.5. The first-order valence-electron chi connectivity index (χ1n) is 7.24. The predicted molar refractivity (Wildman–Crippen MR) is 81.1 cm³/mol. The third-order valence-corrected chi connectivity index (χ3v) is 2.46. The summed E-state index contributed by atoms with van der Waals surface area (Å²) in [6.07, 6.45) is 1.92. The van der Waals surface area contributed by atoms with Gasteiger partial charge in [0.25, 0.3) is 0 Å². The van der Waals surface area contributed by atoms with Crippen LogP contribution in [0.2, 0.25) is 0 Å². The van der Waals surface area contributed by atoms with Crippen LogP contribution >= 0.6 is 0 Å². The van der Waals surface area contributed by atoms with Crippen molar-refractivity contribution in [3.05, 3.63) is 0 Å². The highest BCUT2D eigenvalue weighted by Gasteiger charge is 2.11. The molecule has 1 rings (SSSR count). The molecule has 1 aliphatic rings. The van der Waals surface area contributed by atoms with E-state index in [0.29, 0.717) is 0 Å². The second-order valence-corrected chi connectivity index (χ2v) is 4.38. The molecule has 1 saturated heterocycles. The lowest BCUT2D eigenvalue weighted by atomic mass is 9.93. The van der Waals surface area contributed by atoms with Gasteiger partial charge in [-0.1, -0.05) is 48.5 Å². The topological polar surface area (TPSA) is 29.5 Å². The van der Waals surface area contributed by atoms with Crippen LogP contribution < -0.4 is 0 Å². The van der Waals surface area contributed by atoms with Crippen molar-refractivity contribution in [2.45, 2.75) is 54.9 Å². The van der Waals surface area contributed by atoms with Crippen molar-refractivity contribution >= 4 is 6.29 Å². The van der Waals surface area contributed by atoms with Gasteiger partial charge in [0.05, 0.1) is 13.2 Å². The van der Waals surface area contributed by atoms with Gasteiger partial charge in [-0.2, -0.15) is 0 Å². The maximum Gasteiger partial charge on any atom is 0.125 e. The van der Waals surface area contributed by atoms with E-state index in [1.54, 1.807) is 0 Å². The second-order valence-electron chi connectivity index (χ2n) is 4.38. The van der Waals surface area contributed by atoms with Crippen LogP contribution in [0.25, 0.3) is 0 Å². The largest absolute Gasteiger partial charge is 0.379 e. The molecular formula is C15H35NO2. The number of carbonyl (C=O) groups is 1. The quantitative estimate of drug-likeness (QED) is 0.711. The molecule has 0 aliphatic carbocycles. The summed E-state index contributed by atoms with van der Waals surface area (Å²) < 4.78 is 5.10. The molecule has 0 N–H and O–H groups in total. The minimum absolute atomic E-state index is 0.0972. The van der Waals surface area contributed by atoms with Gasteiger partial charge in [0.2, 0.25) is 0 Å². The number of likely N-dealkylation sites (N-methyl/N-ethyl adjacent to an activating group) is 1. The highest BCUT2D eigenvalue weighted by molar-refractivity contribution is 5.57. The SMILES string of the molecule is CC.CC.CCC(C)(C)C=O.CN1CCOCC1. The Labute approximate surface area is 115 Å². The van der Waals surface area contributed by atoms with Crippen molar-refractivity contribution in [2.75, 3.05) is 33.4 Å². The monoisotopic (exact) mass is 261 g/mol. The number of hydrogen-bond donors (Lipinski definition) is 0. The van der Waals surface area contributed by atoms with Crippen LogP contribution in [0, 0.1) is 5.41 Å². The highest BCUT2D eigenvalue weighted by Crippen LogP contribution is 2.14. The van der Waals surface area contributed by atoms with Crippen molar-refractivity contribution in [3.63, 3.8) is 0 Å². The van der Waals surface area contributed by atoms with Crippen LogP contribution in [0.1, 0.15) is 54.9 Å². The van der Waals surface area contributed by atoms with E-state index in [-0.39, 0.29) is 5.41 Å². The predicted octanol–water partition coefficient (Wildman–Crippen LogP) is 3.62. The van der Waals surface area contributed by atoms with Crippen LogP contribution in [0.15, 0.2) is 0 Å². The summed E-state index contributed by atoms with van der Waals surface area (Å²) in [5.74, 6) is 0. The molecule has 112 valence electrons. The van der Waals surface area contributed by atoms with Crippen molar-refractivity contribution in [2.24, 2.45) is 5.41 Å². The molecule has 1 heterocycles. The smallest absolute Gasteiger partial charge is 0.125 e. The first-order chi connectivity index (χ1) is 8.52. The molecule has 1 fully saturated rings. The Balaban J connectivity index is -0.000000196. The molecule has 0 aromatic rings. The Hall–Kier alpha value is -0.410. The number of hydrogen-bond acceptors (Lipinski definition) is 3. The van der Waals surface area contributed by atoms with E-state index < -0.39 is 0 Å². The molecule has 0 aromatic heterocycles. The van der Waals surface area contributed by atoms with Gasteiger partial charge in [-0.25, -0.2) is 0 Å². The van der Waals surface area contributed by atoms with Gasteiger partial charge < -0.3 is 14.4 Å². The van der Waals surface area contributed by atoms with E-state index in [9.17, 15) is 4.79 Å². The fraction of sp³-hybridized carbons (Fsp3) is 0.933. The normalized spacial score (nSPS) is 14.9. The number of aldehydes is 1. The first-order valence-corrected chi connectivity index (χ1v) is 7.24. The Morgan fingerprint density at radius 2 is 1.50 bits per heavy atom. The molecule has 0 bridgehead atoms. The van der Waals surface area contributed by atoms with Gasteiger partial charge >= 0.3 is 0 Å². The van der Waals surface area contributed by atoms with E-state index >= 15 is 0 Å². The van der Waals surface area contributed by atoms with Gasteiger partial charge in [0, 0.05) is 18.5 Å². The van der Waals surface area contributed by atoms with Crippen molar-refractivity contribution in [3.8, 4) is 0 Å². The fourth-order valence-corrected chi connectivity index (χ4v) is 0.738. The summed E-state index contributed by atoms with van der Waals surface area (Å²) in [5.41, 5.74) is -0.0972. The molecule has 0 atom stereocenters. The number of rotatable bonds is 2. The van der Waals surface area contributed by atoms with Crippen molar-refractivity contribution < 1.29 is 9.53 Å². The van der Waals surface area contributed by atoms with Gasteiger partial charge in [-0.05, 0) is 13.5 Å². The molecule has 3 nitrogen and oxygen atoms in total. The third-order valence-electron chi connectivity index (χ3n) is 2.46. The summed E-state index contributed by atoms with van der Waals surface area (Å²) in [6.45, 7) is 17.9. The zero-order chi connectivity index (χ0) is 15.0.